The van der Waals surface area contributed by atoms with Crippen LogP contribution in [-0.2, 0) is 6.61 Å². The Morgan fingerprint density at radius 1 is 1.53 bits per heavy atom. The number of alkyl halides is 3. The van der Waals surface area contributed by atoms with Crippen LogP contribution in [-0.4, -0.2) is 16.5 Å². The maximum absolute atomic E-state index is 12.0. The van der Waals surface area contributed by atoms with Crippen molar-refractivity contribution in [1.82, 2.24) is 4.98 Å². The third kappa shape index (κ3) is 3.49. The Kier molecular flexibility index (Phi) is 3.77. The minimum absolute atomic E-state index is 0.114. The van der Waals surface area contributed by atoms with E-state index in [0.717, 1.165) is 0 Å². The molecule has 0 spiro atoms. The summed E-state index contributed by atoms with van der Waals surface area (Å²) in [6.07, 6.45) is -4.77. The smallest absolute Gasteiger partial charge is 0.403 e. The second-order valence-electron chi connectivity index (χ2n) is 2.74. The summed E-state index contributed by atoms with van der Waals surface area (Å²) in [5.74, 6) is -0.426. The molecule has 0 bridgehead atoms. The molecule has 0 saturated heterocycles. The molecule has 3 nitrogen and oxygen atoms in total. The van der Waals surface area contributed by atoms with Crippen LogP contribution in [0.4, 0.5) is 13.2 Å². The van der Waals surface area contributed by atoms with Gasteiger partial charge in [-0.15, -0.1) is 13.2 Å². The maximum Gasteiger partial charge on any atom is 0.573 e. The summed E-state index contributed by atoms with van der Waals surface area (Å²) in [5, 5.41) is 8.85. The molecule has 84 valence electrons. The summed E-state index contributed by atoms with van der Waals surface area (Å²) >= 11 is 1.85. The summed E-state index contributed by atoms with van der Waals surface area (Å²) in [6.45, 7) is 0.868. The number of nitrogens with zero attached hydrogens (tertiary/aromatic N) is 1. The van der Waals surface area contributed by atoms with E-state index in [-0.39, 0.29) is 11.3 Å². The number of aliphatic hydroxyl groups is 1. The fourth-order valence-electron chi connectivity index (χ4n) is 1.05. The van der Waals surface area contributed by atoms with Crippen molar-refractivity contribution in [2.45, 2.75) is 19.9 Å². The summed E-state index contributed by atoms with van der Waals surface area (Å²) in [5.41, 5.74) is 0.174. The zero-order valence-electron chi connectivity index (χ0n) is 7.60. The minimum Gasteiger partial charge on any atom is -0.403 e. The molecule has 15 heavy (non-hydrogen) atoms. The number of aliphatic hydroxyl groups excluding tert-OH is 1. The zero-order valence-corrected chi connectivity index (χ0v) is 9.76. The lowest BCUT2D eigenvalue weighted by Gasteiger charge is -2.14. The number of hydrogen-bond donors (Lipinski definition) is 1. The van der Waals surface area contributed by atoms with Gasteiger partial charge in [0.15, 0.2) is 5.75 Å². The lowest BCUT2D eigenvalue weighted by atomic mass is 10.2. The average Bonchev–Trinajstić information content (AvgIpc) is 2.07. The van der Waals surface area contributed by atoms with Gasteiger partial charge in [0, 0.05) is 0 Å². The van der Waals surface area contributed by atoms with Gasteiger partial charge >= 0.3 is 6.36 Å². The van der Waals surface area contributed by atoms with Crippen molar-refractivity contribution in [2.24, 2.45) is 0 Å². The van der Waals surface area contributed by atoms with Gasteiger partial charge < -0.3 is 9.84 Å². The molecule has 1 aromatic heterocycles. The topological polar surface area (TPSA) is 42.4 Å². The number of halogens is 4. The predicted molar refractivity (Wildman–Crippen MR) is 54.3 cm³/mol. The molecule has 0 fully saturated rings. The number of aromatic nitrogens is 1. The standard InChI is InChI=1S/C8H7F3INO2/c1-4-2-6(12)13-5(3-14)7(4)15-8(9,10)11/h2,14H,3H2,1H3. The molecule has 0 amide bonds. The van der Waals surface area contributed by atoms with Crippen LogP contribution in [0.5, 0.6) is 5.75 Å². The Morgan fingerprint density at radius 3 is 2.60 bits per heavy atom. The first-order chi connectivity index (χ1) is 6.83. The summed E-state index contributed by atoms with van der Waals surface area (Å²) in [4.78, 5) is 3.75. The van der Waals surface area contributed by atoms with Crippen LogP contribution in [0.3, 0.4) is 0 Å². The normalized spacial score (nSPS) is 11.6. The Balaban J connectivity index is 3.15. The molecule has 0 atom stereocenters. The first-order valence-electron chi connectivity index (χ1n) is 3.86. The molecule has 1 aromatic rings. The van der Waals surface area contributed by atoms with E-state index in [4.69, 9.17) is 5.11 Å². The van der Waals surface area contributed by atoms with E-state index < -0.39 is 18.7 Å². The monoisotopic (exact) mass is 333 g/mol. The third-order valence-electron chi connectivity index (χ3n) is 1.57. The van der Waals surface area contributed by atoms with Crippen molar-refractivity contribution < 1.29 is 23.0 Å². The number of aryl methyl sites for hydroxylation is 1. The molecule has 0 aromatic carbocycles. The van der Waals surface area contributed by atoms with Crippen molar-refractivity contribution >= 4 is 22.6 Å². The van der Waals surface area contributed by atoms with Crippen molar-refractivity contribution in [3.63, 3.8) is 0 Å². The molecule has 0 aliphatic heterocycles. The highest BCUT2D eigenvalue weighted by Crippen LogP contribution is 2.29. The lowest BCUT2D eigenvalue weighted by molar-refractivity contribution is -0.275. The Hall–Kier alpha value is -0.570. The van der Waals surface area contributed by atoms with E-state index in [9.17, 15) is 13.2 Å². The van der Waals surface area contributed by atoms with Gasteiger partial charge in [0.2, 0.25) is 0 Å². The van der Waals surface area contributed by atoms with E-state index in [1.165, 1.54) is 13.0 Å². The molecule has 0 aliphatic carbocycles. The Labute approximate surface area is 97.4 Å². The molecular formula is C8H7F3INO2. The van der Waals surface area contributed by atoms with Gasteiger partial charge in [-0.1, -0.05) is 0 Å². The van der Waals surface area contributed by atoms with Crippen LogP contribution < -0.4 is 4.74 Å². The second-order valence-corrected chi connectivity index (χ2v) is 3.85. The molecule has 0 saturated carbocycles. The van der Waals surface area contributed by atoms with E-state index in [1.807, 2.05) is 22.6 Å². The largest absolute Gasteiger partial charge is 0.573 e. The summed E-state index contributed by atoms with van der Waals surface area (Å²) in [6, 6.07) is 1.45. The molecular weight excluding hydrogens is 326 g/mol. The zero-order chi connectivity index (χ0) is 11.6. The highest BCUT2D eigenvalue weighted by molar-refractivity contribution is 14.1. The fraction of sp³-hybridized carbons (Fsp3) is 0.375. The van der Waals surface area contributed by atoms with E-state index in [0.29, 0.717) is 3.70 Å². The van der Waals surface area contributed by atoms with E-state index in [2.05, 4.69) is 9.72 Å². The fourth-order valence-corrected chi connectivity index (χ4v) is 1.80. The van der Waals surface area contributed by atoms with Crippen LogP contribution in [0, 0.1) is 10.6 Å². The number of hydrogen-bond acceptors (Lipinski definition) is 3. The van der Waals surface area contributed by atoms with Gasteiger partial charge in [0.25, 0.3) is 0 Å². The highest BCUT2D eigenvalue weighted by atomic mass is 127. The summed E-state index contributed by atoms with van der Waals surface area (Å²) in [7, 11) is 0. The first kappa shape index (κ1) is 12.5. The Bertz CT molecular complexity index is 368. The maximum atomic E-state index is 12.0. The molecule has 1 heterocycles. The molecule has 1 N–H and O–H groups in total. The Morgan fingerprint density at radius 2 is 2.13 bits per heavy atom. The number of pyridine rings is 1. The summed E-state index contributed by atoms with van der Waals surface area (Å²) < 4.78 is 40.3. The van der Waals surface area contributed by atoms with Crippen molar-refractivity contribution in [3.05, 3.63) is 21.0 Å². The second kappa shape index (κ2) is 4.52. The van der Waals surface area contributed by atoms with E-state index in [1.54, 1.807) is 0 Å². The number of rotatable bonds is 2. The van der Waals surface area contributed by atoms with Crippen LogP contribution in [0.2, 0.25) is 0 Å². The van der Waals surface area contributed by atoms with E-state index >= 15 is 0 Å². The average molecular weight is 333 g/mol. The van der Waals surface area contributed by atoms with Crippen molar-refractivity contribution in [2.75, 3.05) is 0 Å². The third-order valence-corrected chi connectivity index (χ3v) is 2.12. The van der Waals surface area contributed by atoms with Crippen molar-refractivity contribution in [3.8, 4) is 5.75 Å². The molecule has 0 unspecified atom stereocenters. The van der Waals surface area contributed by atoms with Gasteiger partial charge in [-0.2, -0.15) is 0 Å². The van der Waals surface area contributed by atoms with Gasteiger partial charge in [0.1, 0.15) is 9.39 Å². The molecule has 7 heteroatoms. The minimum atomic E-state index is -4.77. The molecule has 0 radical (unpaired) electrons. The van der Waals surface area contributed by atoms with Crippen LogP contribution in [0.1, 0.15) is 11.3 Å². The van der Waals surface area contributed by atoms with Crippen LogP contribution >= 0.6 is 22.6 Å². The quantitative estimate of drug-likeness (QED) is 0.668. The van der Waals surface area contributed by atoms with Gasteiger partial charge in [-0.3, -0.25) is 0 Å². The van der Waals surface area contributed by atoms with Gasteiger partial charge in [-0.25, -0.2) is 4.98 Å². The number of ether oxygens (including phenoxy) is 1. The predicted octanol–water partition coefficient (Wildman–Crippen LogP) is 2.39. The van der Waals surface area contributed by atoms with Gasteiger partial charge in [0.05, 0.1) is 6.61 Å². The first-order valence-corrected chi connectivity index (χ1v) is 4.94. The molecule has 0 aliphatic rings. The van der Waals surface area contributed by atoms with Gasteiger partial charge in [-0.05, 0) is 41.1 Å². The van der Waals surface area contributed by atoms with Crippen LogP contribution in [0.25, 0.3) is 0 Å². The SMILES string of the molecule is Cc1cc(I)nc(CO)c1OC(F)(F)F. The van der Waals surface area contributed by atoms with Crippen LogP contribution in [0.15, 0.2) is 6.07 Å². The van der Waals surface area contributed by atoms with Crippen molar-refractivity contribution in [1.29, 1.82) is 0 Å². The molecule has 1 rings (SSSR count). The lowest BCUT2D eigenvalue weighted by Crippen LogP contribution is -2.19. The highest BCUT2D eigenvalue weighted by Gasteiger charge is 2.33.